The van der Waals surface area contributed by atoms with E-state index in [2.05, 4.69) is 21.9 Å². The van der Waals surface area contributed by atoms with E-state index in [-0.39, 0.29) is 0 Å². The van der Waals surface area contributed by atoms with Gasteiger partial charge in [-0.1, -0.05) is 18.5 Å². The summed E-state index contributed by atoms with van der Waals surface area (Å²) in [6, 6.07) is 0. The highest BCUT2D eigenvalue weighted by Crippen LogP contribution is 1.77. The number of rotatable bonds is 6. The van der Waals surface area contributed by atoms with Crippen molar-refractivity contribution < 1.29 is 9.88 Å². The van der Waals surface area contributed by atoms with Crippen LogP contribution in [0.4, 0.5) is 0 Å². The van der Waals surface area contributed by atoms with Gasteiger partial charge < -0.3 is 0 Å². The van der Waals surface area contributed by atoms with Gasteiger partial charge in [-0.2, -0.15) is 0 Å². The number of hydroxylamine groups is 1. The summed E-state index contributed by atoms with van der Waals surface area (Å²) < 4.78 is 0. The molecule has 0 aromatic carbocycles. The van der Waals surface area contributed by atoms with Crippen LogP contribution in [0.1, 0.15) is 13.3 Å². The molecule has 53 valence electrons. The van der Waals surface area contributed by atoms with Crippen LogP contribution in [-0.2, 0) is 9.88 Å². The topological polar surface area (TPSA) is 32.6 Å². The standard InChI is InChI=1S/C6H12NO2/c1-3-5-7-9-8-6-4-2/h4H,2-3,5-6H2,1H3. The van der Waals surface area contributed by atoms with E-state index in [4.69, 9.17) is 0 Å². The quantitative estimate of drug-likeness (QED) is 0.233. The smallest absolute Gasteiger partial charge is 0.102 e. The summed E-state index contributed by atoms with van der Waals surface area (Å²) in [5.41, 5.74) is 3.56. The minimum atomic E-state index is 0.382. The lowest BCUT2D eigenvalue weighted by Crippen LogP contribution is -2.07. The molecule has 3 heteroatoms. The van der Waals surface area contributed by atoms with Gasteiger partial charge in [0, 0.05) is 6.54 Å². The first kappa shape index (κ1) is 8.62. The van der Waals surface area contributed by atoms with E-state index in [1.807, 2.05) is 6.92 Å². The molecule has 0 aliphatic heterocycles. The highest BCUT2D eigenvalue weighted by Gasteiger charge is 1.83. The molecular formula is C6H12NO2. The first-order valence-electron chi connectivity index (χ1n) is 2.98. The van der Waals surface area contributed by atoms with Gasteiger partial charge in [0.25, 0.3) is 0 Å². The van der Waals surface area contributed by atoms with Gasteiger partial charge in [0.05, 0.1) is 0 Å². The van der Waals surface area contributed by atoms with Gasteiger partial charge >= 0.3 is 0 Å². The molecule has 0 heterocycles. The van der Waals surface area contributed by atoms with Crippen LogP contribution >= 0.6 is 0 Å². The van der Waals surface area contributed by atoms with Crippen LogP contribution in [0.25, 0.3) is 0 Å². The van der Waals surface area contributed by atoms with Gasteiger partial charge in [0.15, 0.2) is 0 Å². The Morgan fingerprint density at radius 2 is 2.44 bits per heavy atom. The summed E-state index contributed by atoms with van der Waals surface area (Å²) in [6.45, 7) is 6.51. The third-order valence-electron chi connectivity index (χ3n) is 0.606. The molecule has 3 nitrogen and oxygen atoms in total. The average molecular weight is 130 g/mol. The molecule has 0 spiro atoms. The van der Waals surface area contributed by atoms with Crippen molar-refractivity contribution in [2.24, 2.45) is 0 Å². The molecular weight excluding hydrogens is 118 g/mol. The van der Waals surface area contributed by atoms with Crippen molar-refractivity contribution in [1.82, 2.24) is 5.48 Å². The van der Waals surface area contributed by atoms with E-state index in [1.54, 1.807) is 6.08 Å². The summed E-state index contributed by atoms with van der Waals surface area (Å²) in [4.78, 5) is 8.87. The maximum absolute atomic E-state index is 4.50. The van der Waals surface area contributed by atoms with Crippen molar-refractivity contribution in [1.29, 1.82) is 0 Å². The second-order valence-electron chi connectivity index (χ2n) is 1.50. The molecule has 9 heavy (non-hydrogen) atoms. The van der Waals surface area contributed by atoms with Gasteiger partial charge in [0.1, 0.15) is 6.61 Å². The summed E-state index contributed by atoms with van der Waals surface area (Å²) in [7, 11) is 0. The Kier molecular flexibility index (Phi) is 7.30. The molecule has 0 aliphatic carbocycles. The normalized spacial score (nSPS) is 9.44. The van der Waals surface area contributed by atoms with Gasteiger partial charge in [-0.15, -0.1) is 11.6 Å². The lowest BCUT2D eigenvalue weighted by Gasteiger charge is -1.96. The Labute approximate surface area is 55.5 Å². The monoisotopic (exact) mass is 130 g/mol. The van der Waals surface area contributed by atoms with Crippen molar-refractivity contribution in [2.75, 3.05) is 13.2 Å². The van der Waals surface area contributed by atoms with Crippen LogP contribution in [0.3, 0.4) is 0 Å². The Morgan fingerprint density at radius 3 is 3.00 bits per heavy atom. The van der Waals surface area contributed by atoms with E-state index in [9.17, 15) is 0 Å². The highest BCUT2D eigenvalue weighted by molar-refractivity contribution is 4.61. The fraction of sp³-hybridized carbons (Fsp3) is 0.667. The Balaban J connectivity index is 2.66. The Morgan fingerprint density at radius 1 is 1.67 bits per heavy atom. The summed E-state index contributed by atoms with van der Waals surface area (Å²) in [5.74, 6) is 0. The molecule has 0 aliphatic rings. The third-order valence-corrected chi connectivity index (χ3v) is 0.606. The van der Waals surface area contributed by atoms with Crippen LogP contribution in [-0.4, -0.2) is 13.2 Å². The molecule has 0 unspecified atom stereocenters. The molecule has 0 aromatic rings. The number of nitrogens with zero attached hydrogens (tertiary/aromatic N) is 1. The molecule has 0 saturated heterocycles. The maximum atomic E-state index is 4.50. The fourth-order valence-electron chi connectivity index (χ4n) is 0.244. The van der Waals surface area contributed by atoms with Crippen LogP contribution in [0, 0.1) is 0 Å². The first-order valence-corrected chi connectivity index (χ1v) is 2.98. The van der Waals surface area contributed by atoms with E-state index < -0.39 is 0 Å². The van der Waals surface area contributed by atoms with Crippen LogP contribution in [0.5, 0.6) is 0 Å². The predicted octanol–water partition coefficient (Wildman–Crippen LogP) is 1.05. The molecule has 0 N–H and O–H groups in total. The van der Waals surface area contributed by atoms with Crippen molar-refractivity contribution in [2.45, 2.75) is 13.3 Å². The Hall–Kier alpha value is -0.380. The van der Waals surface area contributed by atoms with E-state index in [1.165, 1.54) is 0 Å². The minimum absolute atomic E-state index is 0.382. The minimum Gasteiger partial charge on any atom is -0.212 e. The van der Waals surface area contributed by atoms with E-state index >= 15 is 0 Å². The SMILES string of the molecule is C=CCOO[N]CCC. The average Bonchev–Trinajstić information content (AvgIpc) is 1.89. The summed E-state index contributed by atoms with van der Waals surface area (Å²) in [6.07, 6.45) is 2.57. The third kappa shape index (κ3) is 7.62. The van der Waals surface area contributed by atoms with Crippen molar-refractivity contribution in [3.05, 3.63) is 12.7 Å². The fourth-order valence-corrected chi connectivity index (χ4v) is 0.244. The molecule has 0 saturated carbocycles. The molecule has 0 bridgehead atoms. The zero-order valence-corrected chi connectivity index (χ0v) is 5.67. The molecule has 0 amide bonds. The molecule has 1 radical (unpaired) electrons. The van der Waals surface area contributed by atoms with Crippen LogP contribution in [0.15, 0.2) is 12.7 Å². The van der Waals surface area contributed by atoms with Crippen molar-refractivity contribution in [3.63, 3.8) is 0 Å². The second kappa shape index (κ2) is 7.62. The van der Waals surface area contributed by atoms with Crippen molar-refractivity contribution >= 4 is 0 Å². The number of hydrogen-bond donors (Lipinski definition) is 0. The molecule has 0 rings (SSSR count). The second-order valence-corrected chi connectivity index (χ2v) is 1.50. The largest absolute Gasteiger partial charge is 0.212 e. The molecule has 0 aromatic heterocycles. The lowest BCUT2D eigenvalue weighted by molar-refractivity contribution is -0.332. The zero-order chi connectivity index (χ0) is 6.95. The van der Waals surface area contributed by atoms with Gasteiger partial charge in [-0.25, -0.2) is 4.89 Å². The Bertz CT molecular complexity index is 66.1. The van der Waals surface area contributed by atoms with Crippen molar-refractivity contribution in [3.8, 4) is 0 Å². The van der Waals surface area contributed by atoms with Crippen LogP contribution in [0.2, 0.25) is 0 Å². The van der Waals surface area contributed by atoms with Gasteiger partial charge in [0.2, 0.25) is 0 Å². The number of hydrogen-bond acceptors (Lipinski definition) is 2. The lowest BCUT2D eigenvalue weighted by atomic mass is 10.5. The van der Waals surface area contributed by atoms with E-state index in [0.29, 0.717) is 13.2 Å². The highest BCUT2D eigenvalue weighted by atomic mass is 17.3. The van der Waals surface area contributed by atoms with E-state index in [0.717, 1.165) is 6.42 Å². The summed E-state index contributed by atoms with van der Waals surface area (Å²) in [5, 5.41) is 0. The molecule has 0 fully saturated rings. The van der Waals surface area contributed by atoms with Crippen LogP contribution < -0.4 is 5.48 Å². The summed E-state index contributed by atoms with van der Waals surface area (Å²) >= 11 is 0. The zero-order valence-electron chi connectivity index (χ0n) is 5.67. The molecule has 0 atom stereocenters. The van der Waals surface area contributed by atoms with Gasteiger partial charge in [-0.3, -0.25) is 0 Å². The maximum Gasteiger partial charge on any atom is 0.102 e. The first-order chi connectivity index (χ1) is 4.41. The van der Waals surface area contributed by atoms with Gasteiger partial charge in [-0.05, 0) is 6.42 Å². The predicted molar refractivity (Wildman–Crippen MR) is 34.5 cm³/mol.